The molecule has 0 fully saturated rings. The van der Waals surface area contributed by atoms with Crippen LogP contribution in [0, 0.1) is 13.8 Å². The van der Waals surface area contributed by atoms with Gasteiger partial charge in [-0.15, -0.1) is 0 Å². The van der Waals surface area contributed by atoms with E-state index in [2.05, 4.69) is 38.9 Å². The largest absolute Gasteiger partial charge is 0.368 e. The highest BCUT2D eigenvalue weighted by Crippen LogP contribution is 2.27. The van der Waals surface area contributed by atoms with Gasteiger partial charge in [-0.25, -0.2) is 9.97 Å². The van der Waals surface area contributed by atoms with Crippen LogP contribution in [-0.2, 0) is 0 Å². The zero-order valence-electron chi connectivity index (χ0n) is 9.16. The first-order chi connectivity index (χ1) is 7.58. The van der Waals surface area contributed by atoms with Crippen molar-refractivity contribution in [2.24, 2.45) is 0 Å². The molecule has 0 atom stereocenters. The van der Waals surface area contributed by atoms with Gasteiger partial charge in [0.2, 0.25) is 5.95 Å². The average molecular weight is 278 g/mol. The molecule has 16 heavy (non-hydrogen) atoms. The molecule has 1 aromatic carbocycles. The normalized spacial score (nSPS) is 10.4. The van der Waals surface area contributed by atoms with Gasteiger partial charge in [-0.3, -0.25) is 0 Å². The molecule has 0 aliphatic rings. The summed E-state index contributed by atoms with van der Waals surface area (Å²) in [6.07, 6.45) is 1.75. The van der Waals surface area contributed by atoms with Gasteiger partial charge < -0.3 is 5.73 Å². The predicted octanol–water partition coefficient (Wildman–Crippen LogP) is 3.11. The van der Waals surface area contributed by atoms with Gasteiger partial charge in [0.1, 0.15) is 0 Å². The number of aryl methyl sites for hydroxylation is 2. The second kappa shape index (κ2) is 4.22. The molecule has 2 rings (SSSR count). The first-order valence-corrected chi connectivity index (χ1v) is 5.73. The highest BCUT2D eigenvalue weighted by molar-refractivity contribution is 9.10. The standard InChI is InChI=1S/C12H12BrN3/c1-7-3-4-9(13)5-10(7)11-8(2)6-15-12(14)16-11/h3-6H,1-2H3,(H2,14,15,16). The van der Waals surface area contributed by atoms with Crippen LogP contribution in [0.4, 0.5) is 5.95 Å². The molecule has 0 spiro atoms. The van der Waals surface area contributed by atoms with Crippen LogP contribution in [-0.4, -0.2) is 9.97 Å². The van der Waals surface area contributed by atoms with E-state index in [0.29, 0.717) is 5.95 Å². The van der Waals surface area contributed by atoms with E-state index < -0.39 is 0 Å². The van der Waals surface area contributed by atoms with Crippen molar-refractivity contribution in [2.45, 2.75) is 13.8 Å². The molecule has 0 unspecified atom stereocenters. The number of nitrogens with zero attached hydrogens (tertiary/aromatic N) is 2. The van der Waals surface area contributed by atoms with Crippen LogP contribution >= 0.6 is 15.9 Å². The zero-order chi connectivity index (χ0) is 11.7. The first kappa shape index (κ1) is 11.1. The molecule has 0 radical (unpaired) electrons. The van der Waals surface area contributed by atoms with Crippen molar-refractivity contribution in [3.8, 4) is 11.3 Å². The molecule has 0 aliphatic carbocycles. The third kappa shape index (κ3) is 2.07. The lowest BCUT2D eigenvalue weighted by Crippen LogP contribution is -1.99. The van der Waals surface area contributed by atoms with Crippen molar-refractivity contribution in [1.82, 2.24) is 9.97 Å². The Morgan fingerprint density at radius 2 is 1.94 bits per heavy atom. The third-order valence-electron chi connectivity index (χ3n) is 2.45. The molecule has 82 valence electrons. The molecule has 1 heterocycles. The van der Waals surface area contributed by atoms with E-state index in [1.165, 1.54) is 5.56 Å². The van der Waals surface area contributed by atoms with E-state index in [1.54, 1.807) is 6.20 Å². The minimum atomic E-state index is 0.306. The summed E-state index contributed by atoms with van der Waals surface area (Å²) in [6.45, 7) is 4.04. The Kier molecular flexibility index (Phi) is 2.92. The number of halogens is 1. The summed E-state index contributed by atoms with van der Waals surface area (Å²) in [5, 5.41) is 0. The van der Waals surface area contributed by atoms with Crippen LogP contribution in [0.15, 0.2) is 28.9 Å². The Balaban J connectivity index is 2.66. The fourth-order valence-corrected chi connectivity index (χ4v) is 1.94. The van der Waals surface area contributed by atoms with Crippen LogP contribution in [0.2, 0.25) is 0 Å². The van der Waals surface area contributed by atoms with Crippen molar-refractivity contribution in [3.05, 3.63) is 40.0 Å². The molecule has 0 bridgehead atoms. The molecule has 0 saturated heterocycles. The Labute approximate surface area is 103 Å². The SMILES string of the molecule is Cc1ccc(Br)cc1-c1nc(N)ncc1C. The second-order valence-electron chi connectivity index (χ2n) is 3.72. The Morgan fingerprint density at radius 1 is 1.19 bits per heavy atom. The van der Waals surface area contributed by atoms with Gasteiger partial charge in [-0.05, 0) is 37.1 Å². The van der Waals surface area contributed by atoms with Crippen molar-refractivity contribution in [1.29, 1.82) is 0 Å². The number of nitrogens with two attached hydrogens (primary N) is 1. The molecule has 0 saturated carbocycles. The Hall–Kier alpha value is -1.42. The van der Waals surface area contributed by atoms with E-state index >= 15 is 0 Å². The molecule has 0 aliphatic heterocycles. The number of hydrogen-bond acceptors (Lipinski definition) is 3. The van der Waals surface area contributed by atoms with E-state index in [0.717, 1.165) is 21.3 Å². The third-order valence-corrected chi connectivity index (χ3v) is 2.94. The first-order valence-electron chi connectivity index (χ1n) is 4.93. The highest BCUT2D eigenvalue weighted by atomic mass is 79.9. The average Bonchev–Trinajstić information content (AvgIpc) is 2.25. The number of anilines is 1. The second-order valence-corrected chi connectivity index (χ2v) is 4.63. The van der Waals surface area contributed by atoms with Crippen LogP contribution in [0.3, 0.4) is 0 Å². The molecule has 1 aromatic heterocycles. The van der Waals surface area contributed by atoms with E-state index in [4.69, 9.17) is 5.73 Å². The quantitative estimate of drug-likeness (QED) is 0.872. The smallest absolute Gasteiger partial charge is 0.220 e. The van der Waals surface area contributed by atoms with Gasteiger partial charge in [0.15, 0.2) is 0 Å². The van der Waals surface area contributed by atoms with Crippen molar-refractivity contribution in [3.63, 3.8) is 0 Å². The summed E-state index contributed by atoms with van der Waals surface area (Å²) < 4.78 is 1.03. The van der Waals surface area contributed by atoms with Gasteiger partial charge >= 0.3 is 0 Å². The maximum atomic E-state index is 5.62. The van der Waals surface area contributed by atoms with Gasteiger partial charge in [0.25, 0.3) is 0 Å². The monoisotopic (exact) mass is 277 g/mol. The summed E-state index contributed by atoms with van der Waals surface area (Å²) in [4.78, 5) is 8.26. The summed E-state index contributed by atoms with van der Waals surface area (Å²) in [5.74, 6) is 0.306. The van der Waals surface area contributed by atoms with E-state index in [9.17, 15) is 0 Å². The lowest BCUT2D eigenvalue weighted by Gasteiger charge is -2.09. The molecular formula is C12H12BrN3. The minimum Gasteiger partial charge on any atom is -0.368 e. The lowest BCUT2D eigenvalue weighted by atomic mass is 10.0. The van der Waals surface area contributed by atoms with Gasteiger partial charge in [-0.1, -0.05) is 22.0 Å². The maximum absolute atomic E-state index is 5.62. The summed E-state index contributed by atoms with van der Waals surface area (Å²) >= 11 is 3.46. The fraction of sp³-hybridized carbons (Fsp3) is 0.167. The minimum absolute atomic E-state index is 0.306. The summed E-state index contributed by atoms with van der Waals surface area (Å²) in [6, 6.07) is 6.11. The predicted molar refractivity (Wildman–Crippen MR) is 69.1 cm³/mol. The van der Waals surface area contributed by atoms with Crippen molar-refractivity contribution < 1.29 is 0 Å². The zero-order valence-corrected chi connectivity index (χ0v) is 10.7. The number of aromatic nitrogens is 2. The maximum Gasteiger partial charge on any atom is 0.220 e. The van der Waals surface area contributed by atoms with E-state index in [-0.39, 0.29) is 0 Å². The number of benzene rings is 1. The van der Waals surface area contributed by atoms with Gasteiger partial charge in [0.05, 0.1) is 5.69 Å². The molecule has 2 N–H and O–H groups in total. The van der Waals surface area contributed by atoms with Gasteiger partial charge in [-0.2, -0.15) is 0 Å². The molecule has 2 aromatic rings. The van der Waals surface area contributed by atoms with Crippen LogP contribution in [0.25, 0.3) is 11.3 Å². The van der Waals surface area contributed by atoms with Gasteiger partial charge in [0, 0.05) is 16.2 Å². The van der Waals surface area contributed by atoms with Crippen LogP contribution in [0.1, 0.15) is 11.1 Å². The molecule has 0 amide bonds. The number of nitrogen functional groups attached to an aromatic ring is 1. The van der Waals surface area contributed by atoms with E-state index in [1.807, 2.05) is 19.1 Å². The van der Waals surface area contributed by atoms with Crippen molar-refractivity contribution >= 4 is 21.9 Å². The van der Waals surface area contributed by atoms with Crippen LogP contribution < -0.4 is 5.73 Å². The summed E-state index contributed by atoms with van der Waals surface area (Å²) in [5.41, 5.74) is 9.79. The molecule has 3 nitrogen and oxygen atoms in total. The summed E-state index contributed by atoms with van der Waals surface area (Å²) in [7, 11) is 0. The highest BCUT2D eigenvalue weighted by Gasteiger charge is 2.08. The van der Waals surface area contributed by atoms with Crippen molar-refractivity contribution in [2.75, 3.05) is 5.73 Å². The number of rotatable bonds is 1. The molecule has 4 heteroatoms. The Morgan fingerprint density at radius 3 is 2.69 bits per heavy atom. The number of hydrogen-bond donors (Lipinski definition) is 1. The molecular weight excluding hydrogens is 266 g/mol. The fourth-order valence-electron chi connectivity index (χ4n) is 1.58. The van der Waals surface area contributed by atoms with Crippen LogP contribution in [0.5, 0.6) is 0 Å². The lowest BCUT2D eigenvalue weighted by molar-refractivity contribution is 1.15. The topological polar surface area (TPSA) is 51.8 Å². The Bertz CT molecular complexity index is 488.